The molecule has 0 radical (unpaired) electrons. The molecule has 0 atom stereocenters. The third kappa shape index (κ3) is 3.58. The van der Waals surface area contributed by atoms with Gasteiger partial charge in [-0.1, -0.05) is 18.2 Å². The van der Waals surface area contributed by atoms with E-state index in [9.17, 15) is 4.79 Å². The number of hydrogen-bond donors (Lipinski definition) is 2. The molecule has 0 unspecified atom stereocenters. The molecule has 0 amide bonds. The molecular weight excluding hydrogens is 260 g/mol. The Morgan fingerprint density at radius 1 is 1.40 bits per heavy atom. The van der Waals surface area contributed by atoms with Crippen molar-refractivity contribution in [2.24, 2.45) is 0 Å². The van der Waals surface area contributed by atoms with Gasteiger partial charge in [0.25, 0.3) is 0 Å². The van der Waals surface area contributed by atoms with Gasteiger partial charge in [0.2, 0.25) is 0 Å². The van der Waals surface area contributed by atoms with E-state index in [1.165, 1.54) is 6.26 Å². The van der Waals surface area contributed by atoms with Gasteiger partial charge in [-0.3, -0.25) is 10.1 Å². The minimum Gasteiger partial charge on any atom is -0.480 e. The second-order valence-electron chi connectivity index (χ2n) is 4.80. The van der Waals surface area contributed by atoms with Crippen LogP contribution in [0.2, 0.25) is 0 Å². The van der Waals surface area contributed by atoms with Crippen LogP contribution in [0.3, 0.4) is 0 Å². The number of benzene rings is 1. The highest BCUT2D eigenvalue weighted by atomic mass is 16.6. The lowest BCUT2D eigenvalue weighted by molar-refractivity contribution is -0.143. The van der Waals surface area contributed by atoms with Crippen LogP contribution in [0.4, 0.5) is 0 Å². The van der Waals surface area contributed by atoms with Crippen LogP contribution in [0.15, 0.2) is 41.0 Å². The van der Waals surface area contributed by atoms with Gasteiger partial charge < -0.3 is 14.3 Å². The SMILES string of the molecule is CC(C)(NCc1coc(Oc2ccccc2)n1)C(=O)O. The summed E-state index contributed by atoms with van der Waals surface area (Å²) in [6, 6.07) is 9.14. The van der Waals surface area contributed by atoms with Gasteiger partial charge in [-0.05, 0) is 26.0 Å². The van der Waals surface area contributed by atoms with Crippen molar-refractivity contribution in [3.63, 3.8) is 0 Å². The number of oxazole rings is 1. The quantitative estimate of drug-likeness (QED) is 0.842. The number of carbonyl (C=O) groups is 1. The first kappa shape index (κ1) is 14.1. The Morgan fingerprint density at radius 3 is 2.75 bits per heavy atom. The Labute approximate surface area is 116 Å². The number of para-hydroxylation sites is 1. The largest absolute Gasteiger partial charge is 0.480 e. The van der Waals surface area contributed by atoms with Gasteiger partial charge in [-0.25, -0.2) is 0 Å². The molecule has 0 aliphatic carbocycles. The molecule has 2 rings (SSSR count). The van der Waals surface area contributed by atoms with E-state index in [1.54, 1.807) is 26.0 Å². The maximum absolute atomic E-state index is 11.0. The minimum absolute atomic E-state index is 0.126. The summed E-state index contributed by atoms with van der Waals surface area (Å²) in [5, 5.41) is 11.9. The molecular formula is C14H16N2O4. The fraction of sp³-hybridized carbons (Fsp3) is 0.286. The van der Waals surface area contributed by atoms with E-state index >= 15 is 0 Å². The Hall–Kier alpha value is -2.34. The molecule has 6 nitrogen and oxygen atoms in total. The molecule has 1 aromatic carbocycles. The van der Waals surface area contributed by atoms with E-state index in [4.69, 9.17) is 14.3 Å². The van der Waals surface area contributed by atoms with Crippen LogP contribution in [0.1, 0.15) is 19.5 Å². The third-order valence-electron chi connectivity index (χ3n) is 2.73. The maximum atomic E-state index is 11.0. The van der Waals surface area contributed by atoms with E-state index in [1.807, 2.05) is 18.2 Å². The highest BCUT2D eigenvalue weighted by molar-refractivity contribution is 5.77. The zero-order valence-electron chi connectivity index (χ0n) is 11.3. The Bertz CT molecular complexity index is 578. The summed E-state index contributed by atoms with van der Waals surface area (Å²) in [5.41, 5.74) is -0.454. The van der Waals surface area contributed by atoms with Crippen molar-refractivity contribution < 1.29 is 19.1 Å². The van der Waals surface area contributed by atoms with E-state index in [-0.39, 0.29) is 12.6 Å². The van der Waals surface area contributed by atoms with Crippen LogP contribution in [-0.2, 0) is 11.3 Å². The number of nitrogens with one attached hydrogen (secondary N) is 1. The summed E-state index contributed by atoms with van der Waals surface area (Å²) >= 11 is 0. The van der Waals surface area contributed by atoms with Gasteiger partial charge >= 0.3 is 12.0 Å². The van der Waals surface area contributed by atoms with Gasteiger partial charge in [0.15, 0.2) is 0 Å². The summed E-state index contributed by atoms with van der Waals surface area (Å²) in [7, 11) is 0. The summed E-state index contributed by atoms with van der Waals surface area (Å²) in [6.45, 7) is 3.44. The average Bonchev–Trinajstić information content (AvgIpc) is 2.85. The molecule has 1 aromatic heterocycles. The van der Waals surface area contributed by atoms with Crippen LogP contribution < -0.4 is 10.1 Å². The van der Waals surface area contributed by atoms with Gasteiger partial charge in [-0.15, -0.1) is 0 Å². The Morgan fingerprint density at radius 2 is 2.10 bits per heavy atom. The fourth-order valence-corrected chi connectivity index (χ4v) is 1.39. The maximum Gasteiger partial charge on any atom is 0.399 e. The number of rotatable bonds is 6. The zero-order chi connectivity index (χ0) is 14.6. The monoisotopic (exact) mass is 276 g/mol. The van der Waals surface area contributed by atoms with Crippen molar-refractivity contribution in [1.29, 1.82) is 0 Å². The van der Waals surface area contributed by atoms with Crippen molar-refractivity contribution in [1.82, 2.24) is 10.3 Å². The molecule has 6 heteroatoms. The molecule has 2 aromatic rings. The topological polar surface area (TPSA) is 84.6 Å². The van der Waals surface area contributed by atoms with Gasteiger partial charge in [0.05, 0.1) is 5.69 Å². The molecule has 0 fully saturated rings. The van der Waals surface area contributed by atoms with E-state index in [2.05, 4.69) is 10.3 Å². The first-order valence-corrected chi connectivity index (χ1v) is 6.13. The lowest BCUT2D eigenvalue weighted by Crippen LogP contribution is -2.46. The lowest BCUT2D eigenvalue weighted by atomic mass is 10.1. The van der Waals surface area contributed by atoms with Crippen molar-refractivity contribution >= 4 is 5.97 Å². The first-order chi connectivity index (χ1) is 9.47. The van der Waals surface area contributed by atoms with Gasteiger partial charge in [0, 0.05) is 6.54 Å². The molecule has 0 aliphatic heterocycles. The molecule has 0 aliphatic rings. The Balaban J connectivity index is 1.94. The number of nitrogens with zero attached hydrogens (tertiary/aromatic N) is 1. The zero-order valence-corrected chi connectivity index (χ0v) is 11.3. The number of hydrogen-bond acceptors (Lipinski definition) is 5. The molecule has 0 spiro atoms. The molecule has 20 heavy (non-hydrogen) atoms. The van der Waals surface area contributed by atoms with Gasteiger partial charge in [-0.2, -0.15) is 4.98 Å². The van der Waals surface area contributed by atoms with Crippen molar-refractivity contribution in [3.05, 3.63) is 42.3 Å². The molecule has 1 heterocycles. The van der Waals surface area contributed by atoms with E-state index in [0.717, 1.165) is 0 Å². The summed E-state index contributed by atoms with van der Waals surface area (Å²) in [4.78, 5) is 15.1. The molecule has 0 bridgehead atoms. The molecule has 2 N–H and O–H groups in total. The fourth-order valence-electron chi connectivity index (χ4n) is 1.39. The van der Waals surface area contributed by atoms with Crippen molar-refractivity contribution in [2.75, 3.05) is 0 Å². The summed E-state index contributed by atoms with van der Waals surface area (Å²) in [5.74, 6) is -0.304. The highest BCUT2D eigenvalue weighted by Crippen LogP contribution is 2.20. The number of ether oxygens (including phenoxy) is 1. The third-order valence-corrected chi connectivity index (χ3v) is 2.73. The van der Waals surface area contributed by atoms with Crippen LogP contribution in [0, 0.1) is 0 Å². The number of aliphatic carboxylic acids is 1. The van der Waals surface area contributed by atoms with Crippen LogP contribution in [0.5, 0.6) is 11.8 Å². The van der Waals surface area contributed by atoms with Crippen LogP contribution >= 0.6 is 0 Å². The van der Waals surface area contributed by atoms with Crippen LogP contribution in [-0.4, -0.2) is 21.6 Å². The number of aromatic nitrogens is 1. The average molecular weight is 276 g/mol. The predicted octanol–water partition coefficient (Wildman–Crippen LogP) is 2.42. The second-order valence-corrected chi connectivity index (χ2v) is 4.80. The van der Waals surface area contributed by atoms with Gasteiger partial charge in [0.1, 0.15) is 17.6 Å². The van der Waals surface area contributed by atoms with E-state index in [0.29, 0.717) is 11.4 Å². The standard InChI is InChI=1S/C14H16N2O4/c1-14(2,12(17)18)15-8-10-9-19-13(16-10)20-11-6-4-3-5-7-11/h3-7,9,15H,8H2,1-2H3,(H,17,18). The minimum atomic E-state index is -1.03. The number of carboxylic acids is 1. The van der Waals surface area contributed by atoms with Crippen molar-refractivity contribution in [2.45, 2.75) is 25.9 Å². The van der Waals surface area contributed by atoms with Crippen LogP contribution in [0.25, 0.3) is 0 Å². The normalized spacial score (nSPS) is 11.3. The lowest BCUT2D eigenvalue weighted by Gasteiger charge is -2.19. The Kier molecular flexibility index (Phi) is 4.05. The summed E-state index contributed by atoms with van der Waals surface area (Å²) in [6.07, 6.45) is 1.56. The molecule has 0 saturated carbocycles. The predicted molar refractivity (Wildman–Crippen MR) is 71.6 cm³/mol. The number of carboxylic acid groups (broad SMARTS) is 1. The highest BCUT2D eigenvalue weighted by Gasteiger charge is 2.26. The molecule has 0 saturated heterocycles. The van der Waals surface area contributed by atoms with Crippen molar-refractivity contribution in [3.8, 4) is 11.8 Å². The molecule has 106 valence electrons. The second kappa shape index (κ2) is 5.75. The first-order valence-electron chi connectivity index (χ1n) is 6.13. The smallest absolute Gasteiger partial charge is 0.399 e. The van der Waals surface area contributed by atoms with E-state index < -0.39 is 11.5 Å². The summed E-state index contributed by atoms with van der Waals surface area (Å²) < 4.78 is 10.6.